The molecule has 1 heterocycles. The van der Waals surface area contributed by atoms with Crippen molar-refractivity contribution in [3.63, 3.8) is 0 Å². The zero-order valence-corrected chi connectivity index (χ0v) is 10.6. The van der Waals surface area contributed by atoms with Gasteiger partial charge in [-0.25, -0.2) is 4.68 Å². The normalized spacial score (nSPS) is 10.5. The molecule has 2 aromatic carbocycles. The Balaban J connectivity index is 1.70. The van der Waals surface area contributed by atoms with E-state index in [1.165, 1.54) is 11.1 Å². The minimum absolute atomic E-state index is 0.766. The van der Waals surface area contributed by atoms with Gasteiger partial charge in [0.2, 0.25) is 0 Å². The van der Waals surface area contributed by atoms with Crippen LogP contribution in [-0.2, 0) is 13.0 Å². The highest BCUT2D eigenvalue weighted by atomic mass is 15.4. The molecule has 0 saturated heterocycles. The van der Waals surface area contributed by atoms with Crippen molar-refractivity contribution in [3.8, 4) is 0 Å². The second-order valence-corrected chi connectivity index (χ2v) is 4.56. The van der Waals surface area contributed by atoms with Gasteiger partial charge in [0.25, 0.3) is 0 Å². The molecule has 3 aromatic rings. The molecule has 0 spiro atoms. The average Bonchev–Trinajstić information content (AvgIpc) is 2.88. The Bertz CT molecular complexity index is 573. The van der Waals surface area contributed by atoms with E-state index in [9.17, 15) is 0 Å². The van der Waals surface area contributed by atoms with Gasteiger partial charge in [-0.3, -0.25) is 0 Å². The quantitative estimate of drug-likeness (QED) is 0.711. The first-order chi connectivity index (χ1) is 9.40. The fraction of sp³-hybridized carbons (Fsp3) is 0.125. The summed E-state index contributed by atoms with van der Waals surface area (Å²) in [5.41, 5.74) is 3.50. The lowest BCUT2D eigenvalue weighted by Crippen LogP contribution is -1.99. The van der Waals surface area contributed by atoms with Crippen LogP contribution in [0.3, 0.4) is 0 Å². The Morgan fingerprint density at radius 2 is 1.42 bits per heavy atom. The minimum atomic E-state index is 0.766. The van der Waals surface area contributed by atoms with Gasteiger partial charge >= 0.3 is 0 Å². The van der Waals surface area contributed by atoms with Crippen molar-refractivity contribution >= 4 is 0 Å². The number of benzene rings is 2. The van der Waals surface area contributed by atoms with Gasteiger partial charge in [0.05, 0.1) is 12.2 Å². The van der Waals surface area contributed by atoms with Crippen molar-refractivity contribution in [2.24, 2.45) is 0 Å². The number of aromatic nitrogens is 3. The van der Waals surface area contributed by atoms with E-state index in [-0.39, 0.29) is 0 Å². The Morgan fingerprint density at radius 1 is 0.789 bits per heavy atom. The molecule has 94 valence electrons. The summed E-state index contributed by atoms with van der Waals surface area (Å²) in [5, 5.41) is 8.39. The predicted molar refractivity (Wildman–Crippen MR) is 74.8 cm³/mol. The third-order valence-electron chi connectivity index (χ3n) is 3.00. The van der Waals surface area contributed by atoms with Crippen LogP contribution in [0, 0.1) is 0 Å². The van der Waals surface area contributed by atoms with Crippen LogP contribution >= 0.6 is 0 Å². The Morgan fingerprint density at radius 3 is 2.11 bits per heavy atom. The molecule has 1 aromatic heterocycles. The molecule has 0 aliphatic heterocycles. The maximum Gasteiger partial charge on any atom is 0.0871 e. The summed E-state index contributed by atoms with van der Waals surface area (Å²) in [5.74, 6) is 0. The molecule has 0 saturated carbocycles. The van der Waals surface area contributed by atoms with Gasteiger partial charge in [-0.05, 0) is 11.1 Å². The summed E-state index contributed by atoms with van der Waals surface area (Å²) >= 11 is 0. The molecule has 0 atom stereocenters. The minimum Gasteiger partial charge on any atom is -0.248 e. The third kappa shape index (κ3) is 3.07. The van der Waals surface area contributed by atoms with Crippen molar-refractivity contribution in [1.29, 1.82) is 0 Å². The van der Waals surface area contributed by atoms with E-state index in [4.69, 9.17) is 0 Å². The first kappa shape index (κ1) is 11.7. The van der Waals surface area contributed by atoms with E-state index in [1.54, 1.807) is 0 Å². The van der Waals surface area contributed by atoms with Crippen molar-refractivity contribution in [1.82, 2.24) is 15.0 Å². The highest BCUT2D eigenvalue weighted by Gasteiger charge is 2.02. The van der Waals surface area contributed by atoms with E-state index in [2.05, 4.69) is 34.6 Å². The highest BCUT2D eigenvalue weighted by Crippen LogP contribution is 2.07. The Kier molecular flexibility index (Phi) is 3.36. The largest absolute Gasteiger partial charge is 0.248 e. The smallest absolute Gasteiger partial charge is 0.0871 e. The third-order valence-corrected chi connectivity index (χ3v) is 3.00. The second kappa shape index (κ2) is 5.48. The standard InChI is InChI=1S/C16H15N3/c1-3-7-14(8-4-1)11-16-13-19(18-17-16)12-15-9-5-2-6-10-15/h1-10,13H,11-12H2. The summed E-state index contributed by atoms with van der Waals surface area (Å²) in [6.45, 7) is 0.766. The lowest BCUT2D eigenvalue weighted by Gasteiger charge is -1.99. The maximum absolute atomic E-state index is 4.22. The van der Waals surface area contributed by atoms with Gasteiger partial charge in [-0.15, -0.1) is 5.10 Å². The molecule has 0 unspecified atom stereocenters. The van der Waals surface area contributed by atoms with Gasteiger partial charge in [0, 0.05) is 12.6 Å². The molecule has 0 aliphatic carbocycles. The van der Waals surface area contributed by atoms with Crippen molar-refractivity contribution in [2.75, 3.05) is 0 Å². The van der Waals surface area contributed by atoms with E-state index < -0.39 is 0 Å². The molecule has 0 fully saturated rings. The zero-order chi connectivity index (χ0) is 12.9. The molecule has 0 N–H and O–H groups in total. The number of hydrogen-bond acceptors (Lipinski definition) is 2. The SMILES string of the molecule is c1ccc(Cc2cn(Cc3ccccc3)nn2)cc1. The van der Waals surface area contributed by atoms with Crippen LogP contribution < -0.4 is 0 Å². The fourth-order valence-electron chi connectivity index (χ4n) is 2.07. The summed E-state index contributed by atoms with van der Waals surface area (Å²) in [6.07, 6.45) is 2.84. The highest BCUT2D eigenvalue weighted by molar-refractivity contribution is 5.20. The van der Waals surface area contributed by atoms with E-state index in [1.807, 2.05) is 47.3 Å². The van der Waals surface area contributed by atoms with E-state index in [0.29, 0.717) is 0 Å². The van der Waals surface area contributed by atoms with Crippen LogP contribution in [0.5, 0.6) is 0 Å². The molecular formula is C16H15N3. The zero-order valence-electron chi connectivity index (χ0n) is 10.6. The molecule has 0 bridgehead atoms. The number of nitrogens with zero attached hydrogens (tertiary/aromatic N) is 3. The second-order valence-electron chi connectivity index (χ2n) is 4.56. The summed E-state index contributed by atoms with van der Waals surface area (Å²) in [4.78, 5) is 0. The van der Waals surface area contributed by atoms with Crippen molar-refractivity contribution in [2.45, 2.75) is 13.0 Å². The fourth-order valence-corrected chi connectivity index (χ4v) is 2.07. The van der Waals surface area contributed by atoms with Crippen molar-refractivity contribution < 1.29 is 0 Å². The van der Waals surface area contributed by atoms with E-state index in [0.717, 1.165) is 18.7 Å². The first-order valence-electron chi connectivity index (χ1n) is 6.37. The summed E-state index contributed by atoms with van der Waals surface area (Å²) < 4.78 is 1.88. The van der Waals surface area contributed by atoms with E-state index >= 15 is 0 Å². The average molecular weight is 249 g/mol. The molecule has 3 rings (SSSR count). The van der Waals surface area contributed by atoms with Gasteiger partial charge in [-0.1, -0.05) is 65.9 Å². The molecule has 0 radical (unpaired) electrons. The van der Waals surface area contributed by atoms with Gasteiger partial charge < -0.3 is 0 Å². The van der Waals surface area contributed by atoms with Gasteiger partial charge in [0.15, 0.2) is 0 Å². The molecule has 0 aliphatic rings. The number of rotatable bonds is 4. The maximum atomic E-state index is 4.22. The monoisotopic (exact) mass is 249 g/mol. The van der Waals surface area contributed by atoms with Crippen LogP contribution in [0.25, 0.3) is 0 Å². The lowest BCUT2D eigenvalue weighted by molar-refractivity contribution is 0.649. The van der Waals surface area contributed by atoms with Gasteiger partial charge in [-0.2, -0.15) is 0 Å². The summed E-state index contributed by atoms with van der Waals surface area (Å²) in [6, 6.07) is 20.6. The van der Waals surface area contributed by atoms with Crippen LogP contribution in [0.15, 0.2) is 66.9 Å². The summed E-state index contributed by atoms with van der Waals surface area (Å²) in [7, 11) is 0. The molecule has 0 amide bonds. The topological polar surface area (TPSA) is 30.7 Å². The predicted octanol–water partition coefficient (Wildman–Crippen LogP) is 2.92. The molecule has 3 nitrogen and oxygen atoms in total. The van der Waals surface area contributed by atoms with Crippen molar-refractivity contribution in [3.05, 3.63) is 83.7 Å². The van der Waals surface area contributed by atoms with Crippen LogP contribution in [0.4, 0.5) is 0 Å². The Labute approximate surface area is 112 Å². The van der Waals surface area contributed by atoms with Crippen LogP contribution in [-0.4, -0.2) is 15.0 Å². The lowest BCUT2D eigenvalue weighted by atomic mass is 10.1. The molecule has 19 heavy (non-hydrogen) atoms. The molecular weight excluding hydrogens is 234 g/mol. The van der Waals surface area contributed by atoms with Gasteiger partial charge in [0.1, 0.15) is 0 Å². The Hall–Kier alpha value is -2.42. The first-order valence-corrected chi connectivity index (χ1v) is 6.37. The number of hydrogen-bond donors (Lipinski definition) is 0. The van der Waals surface area contributed by atoms with Crippen LogP contribution in [0.2, 0.25) is 0 Å². The molecule has 3 heteroatoms. The van der Waals surface area contributed by atoms with Crippen LogP contribution in [0.1, 0.15) is 16.8 Å².